The first-order valence-corrected chi connectivity index (χ1v) is 6.18. The molecule has 2 nitrogen and oxygen atoms in total. The lowest BCUT2D eigenvalue weighted by molar-refractivity contribution is -0.103. The maximum Gasteiger partial charge on any atom is 0.153 e. The fourth-order valence-corrected chi connectivity index (χ4v) is 1.58. The van der Waals surface area contributed by atoms with E-state index < -0.39 is 0 Å². The van der Waals surface area contributed by atoms with E-state index in [1.54, 1.807) is 0 Å². The number of benzene rings is 1. The molecule has 0 atom stereocenters. The van der Waals surface area contributed by atoms with Gasteiger partial charge >= 0.3 is 0 Å². The zero-order valence-corrected chi connectivity index (χ0v) is 10.6. The zero-order chi connectivity index (χ0) is 12.5. The van der Waals surface area contributed by atoms with Gasteiger partial charge in [0.15, 0.2) is 6.29 Å². The molecule has 0 radical (unpaired) electrons. The van der Waals surface area contributed by atoms with Crippen LogP contribution in [0.25, 0.3) is 5.57 Å². The molecule has 0 aliphatic rings. The van der Waals surface area contributed by atoms with Crippen molar-refractivity contribution in [2.45, 2.75) is 33.1 Å². The summed E-state index contributed by atoms with van der Waals surface area (Å²) in [7, 11) is 0. The lowest BCUT2D eigenvalue weighted by Gasteiger charge is -2.04. The molecule has 1 aromatic carbocycles. The van der Waals surface area contributed by atoms with Crippen molar-refractivity contribution in [2.75, 3.05) is 6.61 Å². The van der Waals surface area contributed by atoms with Gasteiger partial charge in [-0.15, -0.1) is 0 Å². The smallest absolute Gasteiger partial charge is 0.153 e. The van der Waals surface area contributed by atoms with Crippen LogP contribution in [0.3, 0.4) is 0 Å². The van der Waals surface area contributed by atoms with E-state index in [2.05, 4.69) is 19.1 Å². The number of unbranched alkanes of at least 4 members (excludes halogenated alkanes) is 1. The van der Waals surface area contributed by atoms with Crippen molar-refractivity contribution in [3.63, 3.8) is 0 Å². The van der Waals surface area contributed by atoms with Gasteiger partial charge in [-0.05, 0) is 30.9 Å². The Labute approximate surface area is 103 Å². The Morgan fingerprint density at radius 3 is 2.47 bits per heavy atom. The monoisotopic (exact) mass is 232 g/mol. The number of ether oxygens (including phenoxy) is 1. The van der Waals surface area contributed by atoms with Gasteiger partial charge in [0.25, 0.3) is 0 Å². The molecular formula is C15H20O2. The van der Waals surface area contributed by atoms with Crippen LogP contribution in [-0.4, -0.2) is 12.9 Å². The van der Waals surface area contributed by atoms with Crippen molar-refractivity contribution in [3.8, 4) is 0 Å². The van der Waals surface area contributed by atoms with E-state index in [9.17, 15) is 4.79 Å². The number of hydrogen-bond donors (Lipinski definition) is 0. The second kappa shape index (κ2) is 7.66. The van der Waals surface area contributed by atoms with Crippen molar-refractivity contribution in [2.24, 2.45) is 0 Å². The van der Waals surface area contributed by atoms with Crippen LogP contribution in [0.2, 0.25) is 0 Å². The lowest BCUT2D eigenvalue weighted by atomic mass is 10.0. The van der Waals surface area contributed by atoms with Crippen LogP contribution < -0.4 is 0 Å². The molecule has 0 aliphatic heterocycles. The predicted molar refractivity (Wildman–Crippen MR) is 70.7 cm³/mol. The van der Waals surface area contributed by atoms with Gasteiger partial charge < -0.3 is 4.74 Å². The third-order valence-electron chi connectivity index (χ3n) is 2.61. The fourth-order valence-electron chi connectivity index (χ4n) is 1.58. The first kappa shape index (κ1) is 13.5. The molecule has 92 valence electrons. The van der Waals surface area contributed by atoms with Crippen LogP contribution in [0, 0.1) is 0 Å². The van der Waals surface area contributed by atoms with Crippen LogP contribution in [0.1, 0.15) is 37.8 Å². The molecule has 0 fully saturated rings. The van der Waals surface area contributed by atoms with Gasteiger partial charge in [0.1, 0.15) is 0 Å². The van der Waals surface area contributed by atoms with E-state index in [1.165, 1.54) is 24.7 Å². The maximum absolute atomic E-state index is 10.9. The summed E-state index contributed by atoms with van der Waals surface area (Å²) in [5.41, 5.74) is 2.82. The summed E-state index contributed by atoms with van der Waals surface area (Å²) in [5, 5.41) is 0. The fraction of sp³-hybridized carbons (Fsp3) is 0.400. The number of rotatable bonds is 7. The minimum Gasteiger partial charge on any atom is -0.501 e. The summed E-state index contributed by atoms with van der Waals surface area (Å²) in [6.07, 6.45) is 5.85. The average molecular weight is 232 g/mol. The minimum absolute atomic E-state index is 0.575. The highest BCUT2D eigenvalue weighted by Gasteiger charge is 2.01. The Kier molecular flexibility index (Phi) is 6.08. The number of aldehydes is 1. The summed E-state index contributed by atoms with van der Waals surface area (Å²) in [6.45, 7) is 4.66. The Morgan fingerprint density at radius 1 is 1.24 bits per heavy atom. The molecule has 0 spiro atoms. The Morgan fingerprint density at radius 2 is 1.94 bits per heavy atom. The average Bonchev–Trinajstić information content (AvgIpc) is 2.38. The van der Waals surface area contributed by atoms with Crippen molar-refractivity contribution in [3.05, 3.63) is 41.7 Å². The van der Waals surface area contributed by atoms with Crippen molar-refractivity contribution in [1.82, 2.24) is 0 Å². The van der Waals surface area contributed by atoms with Crippen molar-refractivity contribution in [1.29, 1.82) is 0 Å². The second-order valence-electron chi connectivity index (χ2n) is 3.95. The van der Waals surface area contributed by atoms with Gasteiger partial charge in [-0.2, -0.15) is 0 Å². The largest absolute Gasteiger partial charge is 0.501 e. The topological polar surface area (TPSA) is 26.3 Å². The number of hydrogen-bond acceptors (Lipinski definition) is 2. The molecule has 0 saturated carbocycles. The molecule has 1 rings (SSSR count). The summed E-state index contributed by atoms with van der Waals surface area (Å²) in [5.74, 6) is 0. The maximum atomic E-state index is 10.9. The normalized spacial score (nSPS) is 11.3. The Bertz CT molecular complexity index is 363. The van der Waals surface area contributed by atoms with Gasteiger partial charge in [0.05, 0.1) is 18.4 Å². The van der Waals surface area contributed by atoms with E-state index >= 15 is 0 Å². The predicted octanol–water partition coefficient (Wildman–Crippen LogP) is 3.61. The first-order valence-electron chi connectivity index (χ1n) is 6.18. The number of carbonyl (C=O) groups excluding carboxylic acids is 1. The number of carbonyl (C=O) groups is 1. The molecule has 0 heterocycles. The highest BCUT2D eigenvalue weighted by Crippen LogP contribution is 2.14. The Balaban J connectivity index is 2.74. The van der Waals surface area contributed by atoms with E-state index in [0.717, 1.165) is 18.3 Å². The van der Waals surface area contributed by atoms with Crippen LogP contribution >= 0.6 is 0 Å². The Hall–Kier alpha value is -1.57. The molecule has 0 aromatic heterocycles. The molecule has 1 aromatic rings. The SMILES string of the molecule is CCCCc1ccc(/C(C=O)=C/OCC)cc1. The minimum atomic E-state index is 0.575. The first-order chi connectivity index (χ1) is 8.31. The standard InChI is InChI=1S/C15H20O2/c1-3-5-6-13-7-9-14(10-8-13)15(11-16)12-17-4-2/h7-12H,3-6H2,1-2H3/b15-12+. The summed E-state index contributed by atoms with van der Waals surface area (Å²) in [4.78, 5) is 10.9. The van der Waals surface area contributed by atoms with Gasteiger partial charge in [0, 0.05) is 0 Å². The number of allylic oxidation sites excluding steroid dienone is 1. The highest BCUT2D eigenvalue weighted by molar-refractivity contribution is 6.06. The second-order valence-corrected chi connectivity index (χ2v) is 3.95. The molecule has 0 saturated heterocycles. The van der Waals surface area contributed by atoms with Crippen LogP contribution in [0.15, 0.2) is 30.5 Å². The van der Waals surface area contributed by atoms with E-state index in [-0.39, 0.29) is 0 Å². The molecule has 0 bridgehead atoms. The molecule has 17 heavy (non-hydrogen) atoms. The van der Waals surface area contributed by atoms with E-state index in [1.807, 2.05) is 19.1 Å². The highest BCUT2D eigenvalue weighted by atomic mass is 16.5. The third-order valence-corrected chi connectivity index (χ3v) is 2.61. The molecule has 0 unspecified atom stereocenters. The van der Waals surface area contributed by atoms with Crippen LogP contribution in [-0.2, 0) is 16.0 Å². The van der Waals surface area contributed by atoms with Gasteiger partial charge in [0.2, 0.25) is 0 Å². The van der Waals surface area contributed by atoms with Gasteiger partial charge in [-0.1, -0.05) is 37.6 Å². The number of aryl methyl sites for hydroxylation is 1. The summed E-state index contributed by atoms with van der Waals surface area (Å²) in [6, 6.07) is 8.11. The van der Waals surface area contributed by atoms with Crippen molar-refractivity contribution >= 4 is 11.9 Å². The zero-order valence-electron chi connectivity index (χ0n) is 10.6. The van der Waals surface area contributed by atoms with E-state index in [0.29, 0.717) is 12.2 Å². The third kappa shape index (κ3) is 4.43. The molecule has 2 heteroatoms. The van der Waals surface area contributed by atoms with Gasteiger partial charge in [-0.3, -0.25) is 4.79 Å². The summed E-state index contributed by atoms with van der Waals surface area (Å²) >= 11 is 0. The molecule has 0 N–H and O–H groups in total. The molecule has 0 amide bonds. The lowest BCUT2D eigenvalue weighted by Crippen LogP contribution is -1.90. The molecular weight excluding hydrogens is 212 g/mol. The van der Waals surface area contributed by atoms with Crippen LogP contribution in [0.5, 0.6) is 0 Å². The summed E-state index contributed by atoms with van der Waals surface area (Å²) < 4.78 is 5.14. The molecule has 0 aliphatic carbocycles. The van der Waals surface area contributed by atoms with Crippen LogP contribution in [0.4, 0.5) is 0 Å². The van der Waals surface area contributed by atoms with Gasteiger partial charge in [-0.25, -0.2) is 0 Å². The van der Waals surface area contributed by atoms with Crippen molar-refractivity contribution < 1.29 is 9.53 Å². The van der Waals surface area contributed by atoms with E-state index in [4.69, 9.17) is 4.74 Å². The quantitative estimate of drug-likeness (QED) is 0.408.